The number of pyridine rings is 1. The number of phenolic OH excluding ortho intramolecular Hbond substituents is 1. The van der Waals surface area contributed by atoms with Gasteiger partial charge in [0.15, 0.2) is 0 Å². The molecule has 2 aromatic carbocycles. The summed E-state index contributed by atoms with van der Waals surface area (Å²) in [5.41, 5.74) is 6.33. The lowest BCUT2D eigenvalue weighted by molar-refractivity contribution is 0.0527. The minimum absolute atomic E-state index is 0.0610. The van der Waals surface area contributed by atoms with E-state index in [1.54, 1.807) is 26.8 Å². The largest absolute Gasteiger partial charge is 0.508 e. The molecule has 3 aromatic rings. The Kier molecular flexibility index (Phi) is 5.60. The maximum absolute atomic E-state index is 13.8. The molecule has 3 N–H and O–H groups in total. The highest BCUT2D eigenvalue weighted by Gasteiger charge is 2.23. The molecule has 8 heteroatoms. The van der Waals surface area contributed by atoms with E-state index >= 15 is 0 Å². The molecule has 0 saturated carbocycles. The molecule has 0 amide bonds. The Bertz CT molecular complexity index is 1200. The number of carbonyl (C=O) groups is 1. The number of benzene rings is 2. The summed E-state index contributed by atoms with van der Waals surface area (Å²) in [6.07, 6.45) is 0. The van der Waals surface area contributed by atoms with Crippen LogP contribution in [0.2, 0.25) is 0 Å². The van der Waals surface area contributed by atoms with Crippen LogP contribution in [0.15, 0.2) is 41.2 Å². The van der Waals surface area contributed by atoms with E-state index in [-0.39, 0.29) is 40.6 Å². The monoisotopic (exact) mass is 414 g/mol. The predicted molar refractivity (Wildman–Crippen MR) is 109 cm³/mol. The van der Waals surface area contributed by atoms with E-state index < -0.39 is 23.2 Å². The van der Waals surface area contributed by atoms with E-state index in [9.17, 15) is 23.5 Å². The number of esters is 1. The molecule has 0 spiro atoms. The summed E-state index contributed by atoms with van der Waals surface area (Å²) in [5.74, 6) is -2.85. The number of aryl methyl sites for hydroxylation is 1. The van der Waals surface area contributed by atoms with Gasteiger partial charge in [0.25, 0.3) is 5.56 Å². The van der Waals surface area contributed by atoms with Gasteiger partial charge in [0.05, 0.1) is 12.3 Å². The fourth-order valence-electron chi connectivity index (χ4n) is 3.31. The van der Waals surface area contributed by atoms with Crippen LogP contribution in [0.5, 0.6) is 5.75 Å². The molecule has 1 heterocycles. The van der Waals surface area contributed by atoms with Gasteiger partial charge in [-0.15, -0.1) is 0 Å². The Morgan fingerprint density at radius 3 is 2.37 bits per heavy atom. The Hall–Kier alpha value is -3.68. The first-order chi connectivity index (χ1) is 14.1. The quantitative estimate of drug-likeness (QED) is 0.632. The summed E-state index contributed by atoms with van der Waals surface area (Å²) < 4.78 is 33.7. The number of nitrogens with zero attached hydrogens (tertiary/aromatic N) is 1. The zero-order valence-corrected chi connectivity index (χ0v) is 16.6. The number of hydrogen-bond acceptors (Lipinski definition) is 5. The van der Waals surface area contributed by atoms with Crippen LogP contribution < -0.4 is 11.3 Å². The third-order valence-electron chi connectivity index (χ3n) is 4.74. The SMILES string of the molecule is CCOC(=O)c1cc(-c2cc(F)cc(F)c2)c(=O)n(-c2c(C)ccc(O)c2C)c1N. The third-order valence-corrected chi connectivity index (χ3v) is 4.74. The van der Waals surface area contributed by atoms with Gasteiger partial charge < -0.3 is 15.6 Å². The van der Waals surface area contributed by atoms with Crippen LogP contribution in [-0.2, 0) is 4.74 Å². The first-order valence-electron chi connectivity index (χ1n) is 9.14. The number of hydrogen-bond donors (Lipinski definition) is 2. The number of ether oxygens (including phenoxy) is 1. The maximum atomic E-state index is 13.8. The zero-order chi connectivity index (χ0) is 22.2. The number of nitrogen functional groups attached to an aromatic ring is 1. The molecule has 6 nitrogen and oxygen atoms in total. The van der Waals surface area contributed by atoms with Crippen molar-refractivity contribution < 1.29 is 23.4 Å². The minimum Gasteiger partial charge on any atom is -0.508 e. The lowest BCUT2D eigenvalue weighted by atomic mass is 10.0. The Balaban J connectivity index is 2.46. The van der Waals surface area contributed by atoms with Gasteiger partial charge in [0.2, 0.25) is 0 Å². The lowest BCUT2D eigenvalue weighted by Crippen LogP contribution is -2.27. The van der Waals surface area contributed by atoms with Gasteiger partial charge in [0.1, 0.15) is 28.8 Å². The highest BCUT2D eigenvalue weighted by atomic mass is 19.1. The second-order valence-corrected chi connectivity index (χ2v) is 6.75. The highest BCUT2D eigenvalue weighted by molar-refractivity contribution is 5.96. The van der Waals surface area contributed by atoms with Crippen molar-refractivity contribution in [3.8, 4) is 22.6 Å². The minimum atomic E-state index is -0.879. The van der Waals surface area contributed by atoms with Crippen molar-refractivity contribution >= 4 is 11.8 Å². The topological polar surface area (TPSA) is 94.5 Å². The van der Waals surface area contributed by atoms with Gasteiger partial charge in [-0.25, -0.2) is 13.6 Å². The Morgan fingerprint density at radius 2 is 1.77 bits per heavy atom. The van der Waals surface area contributed by atoms with Crippen molar-refractivity contribution in [3.63, 3.8) is 0 Å². The summed E-state index contributed by atoms with van der Waals surface area (Å²) in [6.45, 7) is 4.95. The first kappa shape index (κ1) is 21.0. The molecule has 1 aromatic heterocycles. The molecule has 0 aliphatic rings. The van der Waals surface area contributed by atoms with E-state index in [0.717, 1.165) is 22.8 Å². The van der Waals surface area contributed by atoms with E-state index in [0.29, 0.717) is 17.2 Å². The zero-order valence-electron chi connectivity index (χ0n) is 16.6. The van der Waals surface area contributed by atoms with Crippen LogP contribution >= 0.6 is 0 Å². The molecule has 0 aliphatic carbocycles. The number of aromatic hydroxyl groups is 1. The lowest BCUT2D eigenvalue weighted by Gasteiger charge is -2.19. The van der Waals surface area contributed by atoms with E-state index in [4.69, 9.17) is 10.5 Å². The van der Waals surface area contributed by atoms with Gasteiger partial charge in [0, 0.05) is 17.2 Å². The standard InChI is InChI=1S/C22H20F2N2O4/c1-4-30-22(29)17-10-16(13-7-14(23)9-15(24)8-13)21(28)26(20(17)25)19-11(2)5-6-18(27)12(19)3/h5-10,27H,4,25H2,1-3H3. The van der Waals surface area contributed by atoms with Crippen molar-refractivity contribution in [2.45, 2.75) is 20.8 Å². The molecule has 30 heavy (non-hydrogen) atoms. The number of carbonyl (C=O) groups excluding carboxylic acids is 1. The summed E-state index contributed by atoms with van der Waals surface area (Å²) in [4.78, 5) is 25.9. The molecule has 0 atom stereocenters. The van der Waals surface area contributed by atoms with Gasteiger partial charge in [-0.1, -0.05) is 6.07 Å². The van der Waals surface area contributed by atoms with Crippen molar-refractivity contribution in [1.82, 2.24) is 4.57 Å². The summed E-state index contributed by atoms with van der Waals surface area (Å²) in [5, 5.41) is 10.1. The van der Waals surface area contributed by atoms with Crippen LogP contribution in [0.3, 0.4) is 0 Å². The molecule has 0 saturated heterocycles. The molecule has 3 rings (SSSR count). The van der Waals surface area contributed by atoms with Crippen LogP contribution in [0.25, 0.3) is 16.8 Å². The number of rotatable bonds is 4. The fraction of sp³-hybridized carbons (Fsp3) is 0.182. The van der Waals surface area contributed by atoms with Crippen LogP contribution in [0, 0.1) is 25.5 Å². The summed E-state index contributed by atoms with van der Waals surface area (Å²) >= 11 is 0. The molecule has 0 radical (unpaired) electrons. The molecule has 0 bridgehead atoms. The molecule has 0 unspecified atom stereocenters. The predicted octanol–water partition coefficient (Wildman–Crippen LogP) is 3.86. The third kappa shape index (κ3) is 3.63. The average molecular weight is 414 g/mol. The van der Waals surface area contributed by atoms with Gasteiger partial charge in [-0.05, 0) is 56.2 Å². The fourth-order valence-corrected chi connectivity index (χ4v) is 3.31. The highest BCUT2D eigenvalue weighted by Crippen LogP contribution is 2.30. The van der Waals surface area contributed by atoms with Crippen molar-refractivity contribution in [2.75, 3.05) is 12.3 Å². The van der Waals surface area contributed by atoms with E-state index in [1.807, 2.05) is 0 Å². The molecular weight excluding hydrogens is 394 g/mol. The number of phenols is 1. The first-order valence-corrected chi connectivity index (χ1v) is 9.14. The number of halogens is 2. The number of aromatic nitrogens is 1. The summed E-state index contributed by atoms with van der Waals surface area (Å²) in [7, 11) is 0. The smallest absolute Gasteiger partial charge is 0.341 e. The summed E-state index contributed by atoms with van der Waals surface area (Å²) in [6, 6.07) is 6.85. The van der Waals surface area contributed by atoms with Crippen LogP contribution in [-0.4, -0.2) is 22.2 Å². The molecular formula is C22H20F2N2O4. The van der Waals surface area contributed by atoms with Gasteiger partial charge in [-0.2, -0.15) is 0 Å². The maximum Gasteiger partial charge on any atom is 0.341 e. The van der Waals surface area contributed by atoms with Crippen molar-refractivity contribution in [3.05, 3.63) is 75.1 Å². The van der Waals surface area contributed by atoms with Gasteiger partial charge >= 0.3 is 5.97 Å². The Labute approximate surface area is 171 Å². The number of nitrogens with two attached hydrogens (primary N) is 1. The second-order valence-electron chi connectivity index (χ2n) is 6.75. The molecule has 156 valence electrons. The Morgan fingerprint density at radius 1 is 1.13 bits per heavy atom. The normalized spacial score (nSPS) is 10.8. The molecule has 0 fully saturated rings. The van der Waals surface area contributed by atoms with Gasteiger partial charge in [-0.3, -0.25) is 9.36 Å². The van der Waals surface area contributed by atoms with Crippen molar-refractivity contribution in [2.24, 2.45) is 0 Å². The van der Waals surface area contributed by atoms with E-state index in [2.05, 4.69) is 0 Å². The van der Waals surface area contributed by atoms with Crippen molar-refractivity contribution in [1.29, 1.82) is 0 Å². The second kappa shape index (κ2) is 7.98. The van der Waals surface area contributed by atoms with Crippen LogP contribution in [0.1, 0.15) is 28.4 Å². The average Bonchev–Trinajstić information content (AvgIpc) is 2.67. The van der Waals surface area contributed by atoms with E-state index in [1.165, 1.54) is 6.07 Å². The van der Waals surface area contributed by atoms with Crippen LogP contribution in [0.4, 0.5) is 14.6 Å². The molecule has 0 aliphatic heterocycles. The number of anilines is 1.